The second-order valence-corrected chi connectivity index (χ2v) is 7.74. The zero-order chi connectivity index (χ0) is 18.9. The minimum absolute atomic E-state index is 0.164. The summed E-state index contributed by atoms with van der Waals surface area (Å²) in [6.07, 6.45) is 4.37. The molecule has 8 nitrogen and oxygen atoms in total. The third-order valence-corrected chi connectivity index (χ3v) is 5.32. The van der Waals surface area contributed by atoms with Crippen LogP contribution >= 0.6 is 0 Å². The molecule has 8 heteroatoms. The molecule has 3 aliphatic rings. The minimum Gasteiger partial charge on any atom is -0.381 e. The molecule has 1 amide bonds. The van der Waals surface area contributed by atoms with E-state index < -0.39 is 0 Å². The van der Waals surface area contributed by atoms with Gasteiger partial charge in [0, 0.05) is 64.9 Å². The lowest BCUT2D eigenvalue weighted by Gasteiger charge is -2.36. The molecule has 3 rings (SSSR count). The number of carbonyl (C=O) groups is 1. The molecule has 0 radical (unpaired) electrons. The van der Waals surface area contributed by atoms with Gasteiger partial charge in [0.25, 0.3) is 0 Å². The zero-order valence-electron chi connectivity index (χ0n) is 16.6. The average molecular weight is 382 g/mol. The van der Waals surface area contributed by atoms with Crippen molar-refractivity contribution in [3.05, 3.63) is 0 Å². The molecule has 0 aromatic rings. The highest BCUT2D eigenvalue weighted by atomic mass is 16.5. The van der Waals surface area contributed by atoms with Crippen LogP contribution < -0.4 is 10.6 Å². The second kappa shape index (κ2) is 10.8. The van der Waals surface area contributed by atoms with Gasteiger partial charge < -0.3 is 25.0 Å². The second-order valence-electron chi connectivity index (χ2n) is 7.74. The summed E-state index contributed by atoms with van der Waals surface area (Å²) < 4.78 is 11.1. The molecular formula is C19H35N5O3. The van der Waals surface area contributed by atoms with E-state index >= 15 is 0 Å². The topological polar surface area (TPSA) is 78.4 Å². The van der Waals surface area contributed by atoms with E-state index in [0.717, 1.165) is 90.8 Å². The molecule has 1 unspecified atom stereocenters. The number of rotatable bonds is 9. The molecule has 2 saturated heterocycles. The summed E-state index contributed by atoms with van der Waals surface area (Å²) in [6.45, 7) is 8.26. The average Bonchev–Trinajstić information content (AvgIpc) is 3.32. The van der Waals surface area contributed by atoms with E-state index in [-0.39, 0.29) is 5.91 Å². The third-order valence-electron chi connectivity index (χ3n) is 5.32. The maximum atomic E-state index is 11.9. The fraction of sp³-hybridized carbons (Fsp3) is 0.895. The molecule has 1 saturated carbocycles. The van der Waals surface area contributed by atoms with Crippen molar-refractivity contribution in [2.75, 3.05) is 72.7 Å². The van der Waals surface area contributed by atoms with E-state index in [2.05, 4.69) is 25.4 Å². The van der Waals surface area contributed by atoms with Gasteiger partial charge in [-0.1, -0.05) is 0 Å². The Bertz CT molecular complexity index is 484. The molecule has 27 heavy (non-hydrogen) atoms. The summed E-state index contributed by atoms with van der Waals surface area (Å²) in [6, 6.07) is 0.442. The van der Waals surface area contributed by atoms with Gasteiger partial charge in [0.1, 0.15) is 0 Å². The lowest BCUT2D eigenvalue weighted by Crippen LogP contribution is -2.54. The molecule has 1 atom stereocenters. The zero-order valence-corrected chi connectivity index (χ0v) is 16.6. The Balaban J connectivity index is 1.24. The molecule has 2 aliphatic heterocycles. The first-order chi connectivity index (χ1) is 13.2. The quantitative estimate of drug-likeness (QED) is 0.330. The predicted molar refractivity (Wildman–Crippen MR) is 105 cm³/mol. The van der Waals surface area contributed by atoms with Gasteiger partial charge in [0.2, 0.25) is 5.91 Å². The van der Waals surface area contributed by atoms with Crippen molar-refractivity contribution >= 4 is 11.9 Å². The molecule has 2 heterocycles. The van der Waals surface area contributed by atoms with E-state index in [4.69, 9.17) is 9.47 Å². The van der Waals surface area contributed by atoms with Crippen LogP contribution in [0.2, 0.25) is 0 Å². The number of nitrogens with one attached hydrogen (secondary N) is 2. The van der Waals surface area contributed by atoms with E-state index in [0.29, 0.717) is 18.5 Å². The van der Waals surface area contributed by atoms with Crippen molar-refractivity contribution in [3.8, 4) is 0 Å². The van der Waals surface area contributed by atoms with Crippen molar-refractivity contribution in [1.29, 1.82) is 0 Å². The van der Waals surface area contributed by atoms with Crippen molar-refractivity contribution in [2.45, 2.75) is 31.7 Å². The molecule has 0 aromatic carbocycles. The van der Waals surface area contributed by atoms with Crippen LogP contribution in [0.3, 0.4) is 0 Å². The first-order valence-electron chi connectivity index (χ1n) is 10.4. The number of ether oxygens (including phenoxy) is 2. The Morgan fingerprint density at radius 1 is 1.22 bits per heavy atom. The van der Waals surface area contributed by atoms with Gasteiger partial charge in [0.05, 0.1) is 19.8 Å². The number of carbonyl (C=O) groups excluding carboxylic acids is 1. The highest BCUT2D eigenvalue weighted by Crippen LogP contribution is 2.18. The lowest BCUT2D eigenvalue weighted by molar-refractivity contribution is -0.122. The maximum absolute atomic E-state index is 11.9. The first-order valence-corrected chi connectivity index (χ1v) is 10.4. The van der Waals surface area contributed by atoms with Crippen LogP contribution in [0.25, 0.3) is 0 Å². The highest BCUT2D eigenvalue weighted by molar-refractivity contribution is 5.80. The van der Waals surface area contributed by atoms with Gasteiger partial charge in [-0.05, 0) is 25.7 Å². The fourth-order valence-corrected chi connectivity index (χ4v) is 3.49. The van der Waals surface area contributed by atoms with Crippen LogP contribution in [0, 0.1) is 5.92 Å². The number of guanidine groups is 1. The van der Waals surface area contributed by atoms with Crippen molar-refractivity contribution < 1.29 is 14.3 Å². The summed E-state index contributed by atoms with van der Waals surface area (Å²) in [5.41, 5.74) is 0. The Morgan fingerprint density at radius 3 is 2.70 bits per heavy atom. The Hall–Kier alpha value is -1.38. The predicted octanol–water partition coefficient (Wildman–Crippen LogP) is -0.0988. The number of piperazine rings is 1. The summed E-state index contributed by atoms with van der Waals surface area (Å²) in [4.78, 5) is 20.8. The van der Waals surface area contributed by atoms with E-state index in [9.17, 15) is 4.79 Å². The third kappa shape index (κ3) is 7.27. The molecule has 0 bridgehead atoms. The SMILES string of the molecule is CN=C(NCCCOCC1CCOC1)N1CCN(CC(=O)NC2CC2)CC1. The number of amides is 1. The monoisotopic (exact) mass is 381 g/mol. The highest BCUT2D eigenvalue weighted by Gasteiger charge is 2.25. The summed E-state index contributed by atoms with van der Waals surface area (Å²) in [5.74, 6) is 1.69. The van der Waals surface area contributed by atoms with Gasteiger partial charge in [-0.2, -0.15) is 0 Å². The molecule has 1 aliphatic carbocycles. The van der Waals surface area contributed by atoms with Crippen molar-refractivity contribution in [3.63, 3.8) is 0 Å². The first kappa shape index (κ1) is 20.4. The molecule has 154 valence electrons. The minimum atomic E-state index is 0.164. The number of aliphatic imine (C=N–C) groups is 1. The van der Waals surface area contributed by atoms with Gasteiger partial charge in [-0.3, -0.25) is 14.7 Å². The van der Waals surface area contributed by atoms with Crippen LogP contribution in [0.5, 0.6) is 0 Å². The van der Waals surface area contributed by atoms with Crippen LogP contribution in [-0.2, 0) is 14.3 Å². The van der Waals surface area contributed by atoms with Crippen LogP contribution in [0.1, 0.15) is 25.7 Å². The number of nitrogens with zero attached hydrogens (tertiary/aromatic N) is 3. The van der Waals surface area contributed by atoms with E-state index in [1.54, 1.807) is 0 Å². The maximum Gasteiger partial charge on any atom is 0.234 e. The summed E-state index contributed by atoms with van der Waals surface area (Å²) in [5, 5.41) is 6.49. The van der Waals surface area contributed by atoms with Crippen LogP contribution in [0.4, 0.5) is 0 Å². The Morgan fingerprint density at radius 2 is 2.04 bits per heavy atom. The number of hydrogen-bond donors (Lipinski definition) is 2. The van der Waals surface area contributed by atoms with Crippen molar-refractivity contribution in [2.24, 2.45) is 10.9 Å². The smallest absolute Gasteiger partial charge is 0.234 e. The molecule has 3 fully saturated rings. The lowest BCUT2D eigenvalue weighted by atomic mass is 10.1. The molecule has 0 aromatic heterocycles. The molecule has 0 spiro atoms. The number of hydrogen-bond acceptors (Lipinski definition) is 5. The van der Waals surface area contributed by atoms with Gasteiger partial charge in [0.15, 0.2) is 5.96 Å². The largest absolute Gasteiger partial charge is 0.381 e. The standard InChI is InChI=1S/C19H35N5O3/c1-20-19(21-6-2-11-26-14-16-5-12-27-15-16)24-9-7-23(8-10-24)13-18(25)22-17-3-4-17/h16-17H,2-15H2,1H3,(H,20,21)(H,22,25). The Labute approximate surface area is 162 Å². The van der Waals surface area contributed by atoms with Crippen LogP contribution in [-0.4, -0.2) is 100 Å². The fourth-order valence-electron chi connectivity index (χ4n) is 3.49. The summed E-state index contributed by atoms with van der Waals surface area (Å²) >= 11 is 0. The molecule has 2 N–H and O–H groups in total. The van der Waals surface area contributed by atoms with E-state index in [1.165, 1.54) is 0 Å². The van der Waals surface area contributed by atoms with E-state index in [1.807, 2.05) is 7.05 Å². The van der Waals surface area contributed by atoms with Gasteiger partial charge in [-0.25, -0.2) is 0 Å². The van der Waals surface area contributed by atoms with Crippen molar-refractivity contribution in [1.82, 2.24) is 20.4 Å². The van der Waals surface area contributed by atoms with Gasteiger partial charge in [-0.15, -0.1) is 0 Å². The van der Waals surface area contributed by atoms with Gasteiger partial charge >= 0.3 is 0 Å². The Kier molecular flexibility index (Phi) is 8.16. The molecular weight excluding hydrogens is 346 g/mol. The summed E-state index contributed by atoms with van der Waals surface area (Å²) in [7, 11) is 1.83. The van der Waals surface area contributed by atoms with Crippen LogP contribution in [0.15, 0.2) is 4.99 Å². The normalized spacial score (nSPS) is 24.3.